The van der Waals surface area contributed by atoms with Gasteiger partial charge in [0.1, 0.15) is 11.5 Å². The van der Waals surface area contributed by atoms with Crippen LogP contribution in [0.3, 0.4) is 0 Å². The Bertz CT molecular complexity index is 440. The minimum Gasteiger partial charge on any atom is -0.361 e. The van der Waals surface area contributed by atoms with Gasteiger partial charge in [-0.1, -0.05) is 5.16 Å². The van der Waals surface area contributed by atoms with Crippen molar-refractivity contribution in [2.75, 3.05) is 5.32 Å². The Kier molecular flexibility index (Phi) is 3.14. The second-order valence-electron chi connectivity index (χ2n) is 3.01. The number of anilines is 1. The van der Waals surface area contributed by atoms with Crippen molar-refractivity contribution in [3.8, 4) is 0 Å². The first-order chi connectivity index (χ1) is 7.24. The second-order valence-corrected chi connectivity index (χ2v) is 4.25. The van der Waals surface area contributed by atoms with Crippen molar-refractivity contribution in [3.05, 3.63) is 33.5 Å². The summed E-state index contributed by atoms with van der Waals surface area (Å²) < 4.78 is 5.95. The summed E-state index contributed by atoms with van der Waals surface area (Å²) in [6.45, 7) is 2.43. The van der Waals surface area contributed by atoms with Gasteiger partial charge in [-0.2, -0.15) is 0 Å². The lowest BCUT2D eigenvalue weighted by Crippen LogP contribution is -2.03. The van der Waals surface area contributed by atoms with E-state index in [-0.39, 0.29) is 0 Å². The fourth-order valence-corrected chi connectivity index (χ4v) is 1.35. The molecule has 0 aliphatic rings. The highest BCUT2D eigenvalue weighted by atomic mass is 127. The lowest BCUT2D eigenvalue weighted by molar-refractivity contribution is 0.391. The van der Waals surface area contributed by atoms with Crippen molar-refractivity contribution in [2.45, 2.75) is 13.5 Å². The highest BCUT2D eigenvalue weighted by molar-refractivity contribution is 14.1. The normalized spacial score (nSPS) is 10.3. The molecule has 2 heterocycles. The van der Waals surface area contributed by atoms with Gasteiger partial charge in [0.25, 0.3) is 0 Å². The van der Waals surface area contributed by atoms with E-state index < -0.39 is 0 Å². The van der Waals surface area contributed by atoms with E-state index in [2.05, 4.69) is 43.0 Å². The second kappa shape index (κ2) is 4.56. The zero-order valence-corrected chi connectivity index (χ0v) is 10.2. The molecule has 0 aliphatic heterocycles. The Balaban J connectivity index is 1.96. The number of aryl methyl sites for hydroxylation is 1. The predicted octanol–water partition coefficient (Wildman–Crippen LogP) is 1.99. The van der Waals surface area contributed by atoms with Gasteiger partial charge in [0.05, 0.1) is 6.54 Å². The molecule has 2 aromatic rings. The standard InChI is InChI=1S/C9H9IN4O/c1-6-2-8(14-15-6)5-13-9-11-3-7(10)4-12-9/h2-4H,5H2,1H3,(H,11,12,13). The predicted molar refractivity (Wildman–Crippen MR) is 63.3 cm³/mol. The number of nitrogens with zero attached hydrogens (tertiary/aromatic N) is 3. The van der Waals surface area contributed by atoms with Crippen LogP contribution in [0.2, 0.25) is 0 Å². The zero-order chi connectivity index (χ0) is 10.7. The Morgan fingerprint density at radius 2 is 2.13 bits per heavy atom. The number of halogens is 1. The van der Waals surface area contributed by atoms with E-state index in [0.717, 1.165) is 15.0 Å². The highest BCUT2D eigenvalue weighted by Gasteiger charge is 2.00. The first-order valence-electron chi connectivity index (χ1n) is 4.37. The Morgan fingerprint density at radius 3 is 2.73 bits per heavy atom. The van der Waals surface area contributed by atoms with Crippen LogP contribution in [0.5, 0.6) is 0 Å². The fraction of sp³-hybridized carbons (Fsp3) is 0.222. The van der Waals surface area contributed by atoms with Gasteiger partial charge in [0.2, 0.25) is 5.95 Å². The van der Waals surface area contributed by atoms with Crippen LogP contribution in [0.1, 0.15) is 11.5 Å². The van der Waals surface area contributed by atoms with E-state index in [1.807, 2.05) is 13.0 Å². The van der Waals surface area contributed by atoms with Crippen molar-refractivity contribution in [1.29, 1.82) is 0 Å². The van der Waals surface area contributed by atoms with Gasteiger partial charge in [-0.05, 0) is 29.5 Å². The van der Waals surface area contributed by atoms with Crippen LogP contribution in [0, 0.1) is 10.5 Å². The SMILES string of the molecule is Cc1cc(CNc2ncc(I)cn2)no1. The molecular formula is C9H9IN4O. The molecule has 1 N–H and O–H groups in total. The Morgan fingerprint density at radius 1 is 1.40 bits per heavy atom. The van der Waals surface area contributed by atoms with Crippen LogP contribution in [-0.4, -0.2) is 15.1 Å². The van der Waals surface area contributed by atoms with Gasteiger partial charge >= 0.3 is 0 Å². The molecule has 5 nitrogen and oxygen atoms in total. The van der Waals surface area contributed by atoms with Crippen LogP contribution in [0.15, 0.2) is 23.0 Å². The lowest BCUT2D eigenvalue weighted by Gasteiger charge is -2.00. The van der Waals surface area contributed by atoms with Gasteiger partial charge in [-0.3, -0.25) is 0 Å². The third kappa shape index (κ3) is 2.88. The number of nitrogens with one attached hydrogen (secondary N) is 1. The van der Waals surface area contributed by atoms with Crippen LogP contribution in [0.4, 0.5) is 5.95 Å². The molecular weight excluding hydrogens is 307 g/mol. The van der Waals surface area contributed by atoms with Gasteiger partial charge in [-0.15, -0.1) is 0 Å². The van der Waals surface area contributed by atoms with Crippen LogP contribution in [0.25, 0.3) is 0 Å². The maximum Gasteiger partial charge on any atom is 0.222 e. The van der Waals surface area contributed by atoms with Crippen molar-refractivity contribution >= 4 is 28.5 Å². The molecule has 78 valence electrons. The molecule has 0 saturated carbocycles. The maximum absolute atomic E-state index is 4.94. The van der Waals surface area contributed by atoms with Crippen molar-refractivity contribution < 1.29 is 4.52 Å². The van der Waals surface area contributed by atoms with Crippen molar-refractivity contribution in [2.24, 2.45) is 0 Å². The molecule has 0 atom stereocenters. The lowest BCUT2D eigenvalue weighted by atomic mass is 10.4. The third-order valence-corrected chi connectivity index (χ3v) is 2.28. The van der Waals surface area contributed by atoms with Gasteiger partial charge in [0, 0.05) is 22.0 Å². The molecule has 0 aliphatic carbocycles. The molecule has 0 radical (unpaired) electrons. The summed E-state index contributed by atoms with van der Waals surface area (Å²) >= 11 is 2.16. The molecule has 2 rings (SSSR count). The summed E-state index contributed by atoms with van der Waals surface area (Å²) in [4.78, 5) is 8.22. The number of rotatable bonds is 3. The Hall–Kier alpha value is -1.18. The smallest absolute Gasteiger partial charge is 0.222 e. The molecule has 0 spiro atoms. The quantitative estimate of drug-likeness (QED) is 0.878. The average molecular weight is 316 g/mol. The summed E-state index contributed by atoms with van der Waals surface area (Å²) in [5.41, 5.74) is 0.842. The minimum atomic E-state index is 0.567. The van der Waals surface area contributed by atoms with E-state index in [4.69, 9.17) is 4.52 Å². The molecule has 2 aromatic heterocycles. The molecule has 0 unspecified atom stereocenters. The highest BCUT2D eigenvalue weighted by Crippen LogP contribution is 2.06. The minimum absolute atomic E-state index is 0.567. The zero-order valence-electron chi connectivity index (χ0n) is 8.07. The van der Waals surface area contributed by atoms with Crippen LogP contribution >= 0.6 is 22.6 Å². The average Bonchev–Trinajstić information content (AvgIpc) is 2.64. The summed E-state index contributed by atoms with van der Waals surface area (Å²) in [5.74, 6) is 1.39. The summed E-state index contributed by atoms with van der Waals surface area (Å²) in [6.07, 6.45) is 3.51. The first-order valence-corrected chi connectivity index (χ1v) is 5.45. The molecule has 0 aromatic carbocycles. The molecule has 0 saturated heterocycles. The first kappa shape index (κ1) is 10.3. The van der Waals surface area contributed by atoms with E-state index in [0.29, 0.717) is 12.5 Å². The van der Waals surface area contributed by atoms with Gasteiger partial charge < -0.3 is 9.84 Å². The number of hydrogen-bond donors (Lipinski definition) is 1. The molecule has 0 bridgehead atoms. The summed E-state index contributed by atoms with van der Waals surface area (Å²) in [7, 11) is 0. The van der Waals surface area contributed by atoms with E-state index in [9.17, 15) is 0 Å². The summed E-state index contributed by atoms with van der Waals surface area (Å²) in [5, 5.41) is 6.91. The Labute approximate surface area is 100 Å². The topological polar surface area (TPSA) is 63.8 Å². The van der Waals surface area contributed by atoms with E-state index >= 15 is 0 Å². The summed E-state index contributed by atoms with van der Waals surface area (Å²) in [6, 6.07) is 1.87. The van der Waals surface area contributed by atoms with Gasteiger partial charge in [0.15, 0.2) is 0 Å². The van der Waals surface area contributed by atoms with Crippen molar-refractivity contribution in [1.82, 2.24) is 15.1 Å². The molecule has 15 heavy (non-hydrogen) atoms. The number of hydrogen-bond acceptors (Lipinski definition) is 5. The molecule has 6 heteroatoms. The molecule has 0 fully saturated rings. The number of aromatic nitrogens is 3. The van der Waals surface area contributed by atoms with Gasteiger partial charge in [-0.25, -0.2) is 9.97 Å². The fourth-order valence-electron chi connectivity index (χ4n) is 1.07. The third-order valence-electron chi connectivity index (χ3n) is 1.72. The largest absolute Gasteiger partial charge is 0.361 e. The van der Waals surface area contributed by atoms with Crippen LogP contribution in [-0.2, 0) is 6.54 Å². The monoisotopic (exact) mass is 316 g/mol. The van der Waals surface area contributed by atoms with E-state index in [1.54, 1.807) is 12.4 Å². The van der Waals surface area contributed by atoms with E-state index in [1.165, 1.54) is 0 Å². The molecule has 0 amide bonds. The maximum atomic E-state index is 4.94. The van der Waals surface area contributed by atoms with Crippen molar-refractivity contribution in [3.63, 3.8) is 0 Å². The van der Waals surface area contributed by atoms with Crippen LogP contribution < -0.4 is 5.32 Å².